The fourth-order valence-corrected chi connectivity index (χ4v) is 3.75. The summed E-state index contributed by atoms with van der Waals surface area (Å²) in [6.07, 6.45) is 2.39. The second-order valence-electron chi connectivity index (χ2n) is 8.35. The molecule has 2 amide bonds. The molecule has 0 aliphatic carbocycles. The van der Waals surface area contributed by atoms with E-state index in [4.69, 9.17) is 4.74 Å². The van der Waals surface area contributed by atoms with Crippen LogP contribution in [0.4, 0.5) is 5.69 Å². The van der Waals surface area contributed by atoms with Gasteiger partial charge in [0.1, 0.15) is 5.75 Å². The summed E-state index contributed by atoms with van der Waals surface area (Å²) in [5.41, 5.74) is 3.54. The van der Waals surface area contributed by atoms with Crippen LogP contribution in [0.2, 0.25) is 0 Å². The molecule has 1 N–H and O–H groups in total. The van der Waals surface area contributed by atoms with Crippen LogP contribution in [-0.4, -0.2) is 46.2 Å². The number of carbonyl (C=O) groups is 2. The van der Waals surface area contributed by atoms with E-state index < -0.39 is 0 Å². The number of nitrogens with zero attached hydrogens (tertiary/aromatic N) is 3. The number of amides is 2. The van der Waals surface area contributed by atoms with Crippen LogP contribution in [0.3, 0.4) is 0 Å². The smallest absolute Gasteiger partial charge is 0.260 e. The zero-order valence-corrected chi connectivity index (χ0v) is 18.4. The van der Waals surface area contributed by atoms with Crippen LogP contribution in [0.1, 0.15) is 43.6 Å². The van der Waals surface area contributed by atoms with Gasteiger partial charge >= 0.3 is 0 Å². The lowest BCUT2D eigenvalue weighted by molar-refractivity contribution is -0.132. The summed E-state index contributed by atoms with van der Waals surface area (Å²) in [7, 11) is 0. The number of hydrogen-bond acceptors (Lipinski definition) is 4. The van der Waals surface area contributed by atoms with Crippen molar-refractivity contribution < 1.29 is 14.3 Å². The van der Waals surface area contributed by atoms with E-state index >= 15 is 0 Å². The average molecular weight is 413 g/mol. The summed E-state index contributed by atoms with van der Waals surface area (Å²) < 4.78 is 7.62. The van der Waals surface area contributed by atoms with Crippen molar-refractivity contribution in [1.82, 2.24) is 14.7 Å². The quantitative estimate of drug-likeness (QED) is 0.721. The molecule has 7 heteroatoms. The predicted octanol–water partition coefficient (Wildman–Crippen LogP) is 3.34. The van der Waals surface area contributed by atoms with Gasteiger partial charge in [-0.25, -0.2) is 0 Å². The molecule has 1 aliphatic rings. The average Bonchev–Trinajstić information content (AvgIpc) is 3.31. The Morgan fingerprint density at radius 2 is 1.93 bits per heavy atom. The monoisotopic (exact) mass is 412 g/mol. The van der Waals surface area contributed by atoms with Gasteiger partial charge in [0.15, 0.2) is 6.61 Å². The molecule has 1 aromatic carbocycles. The fourth-order valence-electron chi connectivity index (χ4n) is 3.75. The highest BCUT2D eigenvalue weighted by Gasteiger charge is 2.18. The highest BCUT2D eigenvalue weighted by molar-refractivity contribution is 5.92. The molecule has 162 valence electrons. The van der Waals surface area contributed by atoms with Gasteiger partial charge in [-0.1, -0.05) is 19.9 Å². The zero-order valence-electron chi connectivity index (χ0n) is 18.4. The van der Waals surface area contributed by atoms with Crippen molar-refractivity contribution in [2.24, 2.45) is 5.92 Å². The Morgan fingerprint density at radius 3 is 2.63 bits per heavy atom. The standard InChI is InChI=1S/C23H32N4O3/c1-16(2)14-27-18(4)21(17(3)25-27)13-22(28)24-19-8-7-9-20(12-19)30-15-23(29)26-10-5-6-11-26/h7-9,12,16H,5-6,10-11,13-15H2,1-4H3,(H,24,28). The molecule has 0 saturated carbocycles. The predicted molar refractivity (Wildman–Crippen MR) is 117 cm³/mol. The Bertz CT molecular complexity index is 898. The first kappa shape index (κ1) is 21.9. The van der Waals surface area contributed by atoms with E-state index in [1.54, 1.807) is 12.1 Å². The number of benzene rings is 1. The lowest BCUT2D eigenvalue weighted by Crippen LogP contribution is -2.32. The third-order valence-electron chi connectivity index (χ3n) is 5.35. The van der Waals surface area contributed by atoms with E-state index in [1.165, 1.54) is 0 Å². The second-order valence-corrected chi connectivity index (χ2v) is 8.35. The molecule has 1 aromatic heterocycles. The topological polar surface area (TPSA) is 76.5 Å². The molecule has 3 rings (SSSR count). The number of hydrogen-bond donors (Lipinski definition) is 1. The first-order valence-electron chi connectivity index (χ1n) is 10.7. The van der Waals surface area contributed by atoms with Gasteiger partial charge < -0.3 is 15.0 Å². The van der Waals surface area contributed by atoms with Crippen LogP contribution in [0.15, 0.2) is 24.3 Å². The molecule has 1 fully saturated rings. The number of carbonyl (C=O) groups excluding carboxylic acids is 2. The molecule has 2 aromatic rings. The van der Waals surface area contributed by atoms with E-state index in [9.17, 15) is 9.59 Å². The van der Waals surface area contributed by atoms with Gasteiger partial charge in [0, 0.05) is 42.6 Å². The third-order valence-corrected chi connectivity index (χ3v) is 5.35. The summed E-state index contributed by atoms with van der Waals surface area (Å²) in [4.78, 5) is 26.6. The first-order valence-corrected chi connectivity index (χ1v) is 10.7. The number of aryl methyl sites for hydroxylation is 1. The van der Waals surface area contributed by atoms with Crippen LogP contribution in [0, 0.1) is 19.8 Å². The Morgan fingerprint density at radius 1 is 1.20 bits per heavy atom. The minimum atomic E-state index is -0.101. The highest BCUT2D eigenvalue weighted by Crippen LogP contribution is 2.20. The van der Waals surface area contributed by atoms with Gasteiger partial charge in [-0.15, -0.1) is 0 Å². The Labute approximate surface area is 178 Å². The van der Waals surface area contributed by atoms with E-state index in [-0.39, 0.29) is 24.8 Å². The van der Waals surface area contributed by atoms with E-state index in [0.717, 1.165) is 49.4 Å². The second kappa shape index (κ2) is 9.78. The van der Waals surface area contributed by atoms with Crippen LogP contribution in [0.25, 0.3) is 0 Å². The number of aromatic nitrogens is 2. The zero-order chi connectivity index (χ0) is 21.7. The highest BCUT2D eigenvalue weighted by atomic mass is 16.5. The summed E-state index contributed by atoms with van der Waals surface area (Å²) in [5, 5.41) is 7.51. The number of likely N-dealkylation sites (tertiary alicyclic amines) is 1. The van der Waals surface area contributed by atoms with Crippen molar-refractivity contribution in [3.05, 3.63) is 41.2 Å². The molecule has 7 nitrogen and oxygen atoms in total. The molecule has 0 spiro atoms. The van der Waals surface area contributed by atoms with Crippen molar-refractivity contribution in [2.45, 2.75) is 53.5 Å². The molecule has 0 bridgehead atoms. The lowest BCUT2D eigenvalue weighted by Gasteiger charge is -2.15. The van der Waals surface area contributed by atoms with Crippen molar-refractivity contribution >= 4 is 17.5 Å². The van der Waals surface area contributed by atoms with Gasteiger partial charge in [-0.2, -0.15) is 5.10 Å². The molecule has 0 radical (unpaired) electrons. The molecule has 0 atom stereocenters. The molecule has 1 aliphatic heterocycles. The van der Waals surface area contributed by atoms with Crippen molar-refractivity contribution in [3.8, 4) is 5.75 Å². The van der Waals surface area contributed by atoms with Crippen molar-refractivity contribution in [2.75, 3.05) is 25.0 Å². The Hall–Kier alpha value is -2.83. The normalized spacial score (nSPS) is 13.7. The number of ether oxygens (including phenoxy) is 1. The molecule has 0 unspecified atom stereocenters. The van der Waals surface area contributed by atoms with Gasteiger partial charge in [0.25, 0.3) is 5.91 Å². The third kappa shape index (κ3) is 5.62. The van der Waals surface area contributed by atoms with Crippen LogP contribution in [-0.2, 0) is 22.6 Å². The SMILES string of the molecule is Cc1nn(CC(C)C)c(C)c1CC(=O)Nc1cccc(OCC(=O)N2CCCC2)c1. The van der Waals surface area contributed by atoms with Crippen molar-refractivity contribution in [1.29, 1.82) is 0 Å². The molecular formula is C23H32N4O3. The van der Waals surface area contributed by atoms with Gasteiger partial charge in [-0.05, 0) is 44.7 Å². The van der Waals surface area contributed by atoms with Crippen LogP contribution < -0.4 is 10.1 Å². The number of rotatable bonds is 8. The van der Waals surface area contributed by atoms with Gasteiger partial charge in [0.2, 0.25) is 5.91 Å². The van der Waals surface area contributed by atoms with Gasteiger partial charge in [-0.3, -0.25) is 14.3 Å². The van der Waals surface area contributed by atoms with E-state index in [2.05, 4.69) is 24.3 Å². The van der Waals surface area contributed by atoms with Crippen LogP contribution >= 0.6 is 0 Å². The Balaban J connectivity index is 1.57. The first-order chi connectivity index (χ1) is 14.3. The van der Waals surface area contributed by atoms with E-state index in [0.29, 0.717) is 17.4 Å². The molecular weight excluding hydrogens is 380 g/mol. The number of nitrogens with one attached hydrogen (secondary N) is 1. The fraction of sp³-hybridized carbons (Fsp3) is 0.522. The van der Waals surface area contributed by atoms with Crippen molar-refractivity contribution in [3.63, 3.8) is 0 Å². The van der Waals surface area contributed by atoms with Gasteiger partial charge in [0.05, 0.1) is 12.1 Å². The minimum Gasteiger partial charge on any atom is -0.484 e. The summed E-state index contributed by atoms with van der Waals surface area (Å²) in [5.74, 6) is 0.962. The maximum atomic E-state index is 12.6. The summed E-state index contributed by atoms with van der Waals surface area (Å²) in [6, 6.07) is 7.16. The lowest BCUT2D eigenvalue weighted by atomic mass is 10.1. The summed E-state index contributed by atoms with van der Waals surface area (Å²) >= 11 is 0. The molecule has 1 saturated heterocycles. The largest absolute Gasteiger partial charge is 0.484 e. The van der Waals surface area contributed by atoms with E-state index in [1.807, 2.05) is 35.6 Å². The molecule has 30 heavy (non-hydrogen) atoms. The molecule has 2 heterocycles. The maximum Gasteiger partial charge on any atom is 0.260 e. The minimum absolute atomic E-state index is 0.00583. The summed E-state index contributed by atoms with van der Waals surface area (Å²) in [6.45, 7) is 10.7. The maximum absolute atomic E-state index is 12.6. The Kier molecular flexibility index (Phi) is 7.13. The van der Waals surface area contributed by atoms with Crippen LogP contribution in [0.5, 0.6) is 5.75 Å². The number of anilines is 1.